The SMILES string of the molecule is Cc1cc(/C=C/C#N)cc(C)c1Oc1nc(NC23CC(C#N)(C2)C3)nc2nc(-c3cnn(C)c3)[nH]c12. The normalized spacial score (nSPS) is 22.0. The monoisotopic (exact) mass is 477 g/mol. The Morgan fingerprint density at radius 1 is 1.14 bits per heavy atom. The molecule has 3 heterocycles. The van der Waals surface area contributed by atoms with Crippen molar-refractivity contribution in [2.24, 2.45) is 12.5 Å². The van der Waals surface area contributed by atoms with E-state index >= 15 is 0 Å². The zero-order valence-corrected chi connectivity index (χ0v) is 20.1. The number of nitrogens with zero attached hydrogens (tertiary/aromatic N) is 7. The van der Waals surface area contributed by atoms with Crippen LogP contribution in [0.3, 0.4) is 0 Å². The van der Waals surface area contributed by atoms with Crippen LogP contribution in [0, 0.1) is 41.9 Å². The van der Waals surface area contributed by atoms with Gasteiger partial charge in [-0.1, -0.05) is 0 Å². The first-order valence-electron chi connectivity index (χ1n) is 11.6. The number of hydrogen-bond acceptors (Lipinski definition) is 8. The Kier molecular flexibility index (Phi) is 4.64. The number of imidazole rings is 1. The smallest absolute Gasteiger partial charge is 0.250 e. The number of nitriles is 2. The number of H-pyrrole nitrogens is 1. The highest BCUT2D eigenvalue weighted by Crippen LogP contribution is 2.67. The summed E-state index contributed by atoms with van der Waals surface area (Å²) in [4.78, 5) is 17.4. The summed E-state index contributed by atoms with van der Waals surface area (Å²) in [6.07, 6.45) is 9.21. The lowest BCUT2D eigenvalue weighted by molar-refractivity contribution is -0.0665. The minimum atomic E-state index is -0.188. The van der Waals surface area contributed by atoms with Crippen LogP contribution in [0.2, 0.25) is 0 Å². The average Bonchev–Trinajstić information content (AvgIpc) is 3.42. The topological polar surface area (TPSA) is 141 Å². The number of nitrogens with one attached hydrogen (secondary N) is 2. The van der Waals surface area contributed by atoms with Crippen molar-refractivity contribution in [3.8, 4) is 35.2 Å². The van der Waals surface area contributed by atoms with Gasteiger partial charge in [-0.25, -0.2) is 4.98 Å². The summed E-state index contributed by atoms with van der Waals surface area (Å²) in [5.41, 5.74) is 4.31. The first-order chi connectivity index (χ1) is 17.3. The molecule has 0 aliphatic heterocycles. The molecular formula is C26H23N9O. The van der Waals surface area contributed by atoms with Crippen molar-refractivity contribution in [1.29, 1.82) is 10.5 Å². The number of hydrogen-bond donors (Lipinski definition) is 2. The maximum atomic E-state index is 9.38. The van der Waals surface area contributed by atoms with Crippen LogP contribution in [0.5, 0.6) is 11.6 Å². The summed E-state index contributed by atoms with van der Waals surface area (Å²) in [6, 6.07) is 8.37. The van der Waals surface area contributed by atoms with Gasteiger partial charge in [0.1, 0.15) is 17.1 Å². The number of aromatic amines is 1. The van der Waals surface area contributed by atoms with E-state index in [-0.39, 0.29) is 11.0 Å². The molecule has 0 unspecified atom stereocenters. The van der Waals surface area contributed by atoms with Crippen LogP contribution in [0.25, 0.3) is 28.6 Å². The molecule has 0 atom stereocenters. The van der Waals surface area contributed by atoms with Gasteiger partial charge in [0.15, 0.2) is 5.65 Å². The van der Waals surface area contributed by atoms with E-state index in [1.165, 1.54) is 6.08 Å². The van der Waals surface area contributed by atoms with Crippen molar-refractivity contribution in [3.63, 3.8) is 0 Å². The third kappa shape index (κ3) is 3.46. The molecule has 10 heteroatoms. The van der Waals surface area contributed by atoms with E-state index in [4.69, 9.17) is 20.0 Å². The maximum Gasteiger partial charge on any atom is 0.250 e. The second-order valence-electron chi connectivity index (χ2n) is 9.92. The second kappa shape index (κ2) is 7.65. The zero-order chi connectivity index (χ0) is 25.1. The Morgan fingerprint density at radius 3 is 2.53 bits per heavy atom. The van der Waals surface area contributed by atoms with Crippen LogP contribution >= 0.6 is 0 Å². The third-order valence-corrected chi connectivity index (χ3v) is 6.97. The van der Waals surface area contributed by atoms with Crippen LogP contribution in [-0.4, -0.2) is 35.3 Å². The van der Waals surface area contributed by atoms with E-state index in [2.05, 4.69) is 26.5 Å². The van der Waals surface area contributed by atoms with Gasteiger partial charge in [0.25, 0.3) is 5.88 Å². The summed E-state index contributed by atoms with van der Waals surface area (Å²) in [5.74, 6) is 2.09. The highest BCUT2D eigenvalue weighted by atomic mass is 16.5. The first kappa shape index (κ1) is 21.8. The number of rotatable bonds is 6. The van der Waals surface area contributed by atoms with Gasteiger partial charge < -0.3 is 15.0 Å². The molecule has 1 aromatic carbocycles. The number of aryl methyl sites for hydroxylation is 3. The number of benzene rings is 1. The molecule has 0 spiro atoms. The van der Waals surface area contributed by atoms with Gasteiger partial charge in [-0.05, 0) is 68.0 Å². The highest BCUT2D eigenvalue weighted by molar-refractivity contribution is 5.82. The van der Waals surface area contributed by atoms with Crippen molar-refractivity contribution in [2.45, 2.75) is 38.6 Å². The van der Waals surface area contributed by atoms with Gasteiger partial charge in [0.05, 0.1) is 29.3 Å². The van der Waals surface area contributed by atoms with Crippen molar-refractivity contribution in [2.75, 3.05) is 5.32 Å². The number of allylic oxidation sites excluding steroid dienone is 1. The van der Waals surface area contributed by atoms with Crippen molar-refractivity contribution >= 4 is 23.2 Å². The minimum Gasteiger partial charge on any atom is -0.436 e. The van der Waals surface area contributed by atoms with Crippen LogP contribution in [-0.2, 0) is 7.05 Å². The minimum absolute atomic E-state index is 0.135. The fourth-order valence-corrected chi connectivity index (χ4v) is 5.43. The van der Waals surface area contributed by atoms with Gasteiger partial charge in [-0.2, -0.15) is 25.6 Å². The van der Waals surface area contributed by atoms with Crippen LogP contribution < -0.4 is 10.1 Å². The molecule has 2 bridgehead atoms. The molecule has 0 radical (unpaired) electrons. The standard InChI is InChI=1S/C26H23N9O/c1-15-7-17(5-4-6-27)8-16(2)20(15)36-23-19-22(31-21(30-19)18-9-29-35(3)10-18)32-24(33-23)34-26-11-25(12-26,13-26)14-28/h4-5,7-10H,11-13H2,1-3H3,(H2,30,31,32,33,34)/b5-4+. The summed E-state index contributed by atoms with van der Waals surface area (Å²) in [6.45, 7) is 3.92. The lowest BCUT2D eigenvalue weighted by Crippen LogP contribution is -2.70. The molecule has 4 aromatic rings. The molecule has 0 amide bonds. The number of fused-ring (bicyclic) bond motifs is 1. The lowest BCUT2D eigenvalue weighted by Gasteiger charge is -2.66. The lowest BCUT2D eigenvalue weighted by atomic mass is 9.40. The van der Waals surface area contributed by atoms with Gasteiger partial charge in [-0.3, -0.25) is 4.68 Å². The van der Waals surface area contributed by atoms with E-state index in [0.29, 0.717) is 34.6 Å². The Balaban J connectivity index is 1.40. The molecule has 7 rings (SSSR count). The van der Waals surface area contributed by atoms with E-state index in [1.54, 1.807) is 17.0 Å². The van der Waals surface area contributed by atoms with E-state index in [9.17, 15) is 5.26 Å². The van der Waals surface area contributed by atoms with Gasteiger partial charge in [0, 0.05) is 24.9 Å². The first-order valence-corrected chi connectivity index (χ1v) is 11.6. The van der Waals surface area contributed by atoms with Gasteiger partial charge in [-0.15, -0.1) is 0 Å². The van der Waals surface area contributed by atoms with Crippen molar-refractivity contribution < 1.29 is 4.74 Å². The maximum absolute atomic E-state index is 9.38. The molecule has 36 heavy (non-hydrogen) atoms. The number of anilines is 1. The molecule has 3 aliphatic rings. The molecule has 10 nitrogen and oxygen atoms in total. The summed E-state index contributed by atoms with van der Waals surface area (Å²) < 4.78 is 8.11. The Hall–Kier alpha value is -4.70. The Labute approximate surface area is 207 Å². The largest absolute Gasteiger partial charge is 0.436 e. The number of ether oxygens (including phenoxy) is 1. The molecule has 2 N–H and O–H groups in total. The van der Waals surface area contributed by atoms with Crippen LogP contribution in [0.15, 0.2) is 30.6 Å². The third-order valence-electron chi connectivity index (χ3n) is 6.97. The van der Waals surface area contributed by atoms with E-state index in [0.717, 1.165) is 41.5 Å². The Morgan fingerprint density at radius 2 is 1.89 bits per heavy atom. The summed E-state index contributed by atoms with van der Waals surface area (Å²) in [5, 5.41) is 25.9. The average molecular weight is 478 g/mol. The predicted octanol–water partition coefficient (Wildman–Crippen LogP) is 4.56. The molecule has 3 aromatic heterocycles. The molecular weight excluding hydrogens is 454 g/mol. The fraction of sp³-hybridized carbons (Fsp3) is 0.308. The highest BCUT2D eigenvalue weighted by Gasteiger charge is 2.69. The fourth-order valence-electron chi connectivity index (χ4n) is 5.43. The molecule has 178 valence electrons. The van der Waals surface area contributed by atoms with Crippen LogP contribution in [0.4, 0.5) is 5.95 Å². The molecule has 0 saturated heterocycles. The van der Waals surface area contributed by atoms with E-state index in [1.807, 2.05) is 45.3 Å². The predicted molar refractivity (Wildman–Crippen MR) is 133 cm³/mol. The summed E-state index contributed by atoms with van der Waals surface area (Å²) >= 11 is 0. The summed E-state index contributed by atoms with van der Waals surface area (Å²) in [7, 11) is 1.85. The van der Waals surface area contributed by atoms with Crippen LogP contribution in [0.1, 0.15) is 36.0 Å². The van der Waals surface area contributed by atoms with E-state index < -0.39 is 0 Å². The molecule has 3 saturated carbocycles. The zero-order valence-electron chi connectivity index (χ0n) is 20.1. The Bertz CT molecular complexity index is 1600. The van der Waals surface area contributed by atoms with Crippen molar-refractivity contribution in [1.82, 2.24) is 29.7 Å². The molecule has 3 fully saturated rings. The quantitative estimate of drug-likeness (QED) is 0.385. The molecule has 3 aliphatic carbocycles. The second-order valence-corrected chi connectivity index (χ2v) is 9.92. The van der Waals surface area contributed by atoms with Crippen molar-refractivity contribution in [3.05, 3.63) is 47.3 Å². The van der Waals surface area contributed by atoms with Gasteiger partial charge in [0.2, 0.25) is 5.95 Å². The van der Waals surface area contributed by atoms with Gasteiger partial charge >= 0.3 is 0 Å². The number of aromatic nitrogens is 6.